The quantitative estimate of drug-likeness (QED) is 0.157. The van der Waals surface area contributed by atoms with Gasteiger partial charge < -0.3 is 0 Å². The normalized spacial score (nSPS) is 15.7. The van der Waals surface area contributed by atoms with E-state index in [2.05, 4.69) is 210 Å². The summed E-state index contributed by atoms with van der Waals surface area (Å²) in [5, 5.41) is 7.67. The molecule has 0 nitrogen and oxygen atoms in total. The zero-order chi connectivity index (χ0) is 40.3. The Hall–Kier alpha value is -6.76. The highest BCUT2D eigenvalue weighted by Gasteiger charge is 2.38. The minimum atomic E-state index is -0.0636. The highest BCUT2D eigenvalue weighted by molar-refractivity contribution is 6.22. The smallest absolute Gasteiger partial charge is 0.0159 e. The molecule has 9 aromatic rings. The van der Waals surface area contributed by atoms with Gasteiger partial charge in [-0.1, -0.05) is 185 Å². The van der Waals surface area contributed by atoms with Crippen LogP contribution in [0.25, 0.3) is 93.5 Å². The lowest BCUT2D eigenvalue weighted by atomic mass is 9.78. The van der Waals surface area contributed by atoms with Crippen molar-refractivity contribution in [2.75, 3.05) is 0 Å². The predicted octanol–water partition coefficient (Wildman–Crippen LogP) is 16.5. The van der Waals surface area contributed by atoms with Crippen LogP contribution in [0.2, 0.25) is 0 Å². The molecule has 0 saturated heterocycles. The maximum absolute atomic E-state index is 2.53. The monoisotopic (exact) mass is 766 g/mol. The maximum Gasteiger partial charge on any atom is 0.0159 e. The molecule has 12 rings (SSSR count). The first-order valence-corrected chi connectivity index (χ1v) is 21.6. The lowest BCUT2D eigenvalue weighted by Gasteiger charge is -2.25. The average Bonchev–Trinajstić information content (AvgIpc) is 3.66. The molecule has 286 valence electrons. The van der Waals surface area contributed by atoms with Gasteiger partial charge in [-0.2, -0.15) is 0 Å². The van der Waals surface area contributed by atoms with Gasteiger partial charge in [0.1, 0.15) is 0 Å². The summed E-state index contributed by atoms with van der Waals surface area (Å²) >= 11 is 0. The Labute approximate surface area is 353 Å². The number of fused-ring (bicyclic) bond motifs is 8. The van der Waals surface area contributed by atoms with E-state index >= 15 is 0 Å². The van der Waals surface area contributed by atoms with Gasteiger partial charge in [0.25, 0.3) is 0 Å². The van der Waals surface area contributed by atoms with Crippen molar-refractivity contribution < 1.29 is 0 Å². The van der Waals surface area contributed by atoms with Gasteiger partial charge in [0.15, 0.2) is 0 Å². The van der Waals surface area contributed by atoms with Crippen LogP contribution in [0.4, 0.5) is 0 Å². The average molecular weight is 767 g/mol. The molecule has 0 aliphatic heterocycles. The van der Waals surface area contributed by atoms with Gasteiger partial charge in [-0.3, -0.25) is 0 Å². The van der Waals surface area contributed by atoms with Gasteiger partial charge in [-0.05, 0) is 158 Å². The van der Waals surface area contributed by atoms with Crippen molar-refractivity contribution in [1.82, 2.24) is 0 Å². The summed E-state index contributed by atoms with van der Waals surface area (Å²) in [6, 6.07) is 64.5. The number of hydrogen-bond acceptors (Lipinski definition) is 0. The van der Waals surface area contributed by atoms with Crippen LogP contribution in [-0.4, -0.2) is 0 Å². The van der Waals surface area contributed by atoms with Crippen LogP contribution in [0.1, 0.15) is 62.8 Å². The highest BCUT2D eigenvalue weighted by atomic mass is 14.4. The lowest BCUT2D eigenvalue weighted by molar-refractivity contribution is 0.651. The van der Waals surface area contributed by atoms with Crippen LogP contribution in [0.15, 0.2) is 188 Å². The zero-order valence-electron chi connectivity index (χ0n) is 34.7. The largest absolute Gasteiger partial charge is 0.0839 e. The van der Waals surface area contributed by atoms with Crippen molar-refractivity contribution >= 4 is 37.9 Å². The van der Waals surface area contributed by atoms with E-state index in [-0.39, 0.29) is 10.8 Å². The Bertz CT molecular complexity index is 3340. The summed E-state index contributed by atoms with van der Waals surface area (Å²) in [5.74, 6) is 0. The molecule has 9 aromatic carbocycles. The predicted molar refractivity (Wildman–Crippen MR) is 257 cm³/mol. The van der Waals surface area contributed by atoms with E-state index in [9.17, 15) is 0 Å². The summed E-state index contributed by atoms with van der Waals surface area (Å²) in [4.78, 5) is 0. The first-order valence-electron chi connectivity index (χ1n) is 21.6. The van der Waals surface area contributed by atoms with Crippen LogP contribution in [0, 0.1) is 0 Å². The molecule has 0 heterocycles. The Morgan fingerprint density at radius 3 is 1.75 bits per heavy atom. The van der Waals surface area contributed by atoms with Crippen molar-refractivity contribution in [3.63, 3.8) is 0 Å². The number of benzene rings is 9. The molecule has 0 radical (unpaired) electrons. The third-order valence-corrected chi connectivity index (χ3v) is 14.3. The molecule has 60 heavy (non-hydrogen) atoms. The molecular formula is C60H46. The molecule has 0 N–H and O–H groups in total. The fourth-order valence-electron chi connectivity index (χ4n) is 11.2. The molecular weight excluding hydrogens is 721 g/mol. The molecule has 0 atom stereocenters. The molecule has 0 saturated carbocycles. The summed E-state index contributed by atoms with van der Waals surface area (Å²) in [5.41, 5.74) is 21.4. The van der Waals surface area contributed by atoms with Crippen molar-refractivity contribution in [2.45, 2.75) is 51.4 Å². The molecule has 0 bridgehead atoms. The van der Waals surface area contributed by atoms with Crippen molar-refractivity contribution in [3.8, 4) is 55.6 Å². The fraction of sp³-hybridized carbons (Fsp3) is 0.133. The van der Waals surface area contributed by atoms with Gasteiger partial charge in [-0.15, -0.1) is 0 Å². The van der Waals surface area contributed by atoms with Crippen LogP contribution < -0.4 is 0 Å². The minimum absolute atomic E-state index is 0.0457. The molecule has 0 aromatic heterocycles. The van der Waals surface area contributed by atoms with Crippen LogP contribution in [-0.2, 0) is 10.8 Å². The van der Waals surface area contributed by atoms with Gasteiger partial charge >= 0.3 is 0 Å². The second-order valence-electron chi connectivity index (χ2n) is 18.3. The molecule has 3 aliphatic carbocycles. The number of hydrogen-bond donors (Lipinski definition) is 0. The van der Waals surface area contributed by atoms with E-state index in [4.69, 9.17) is 0 Å². The van der Waals surface area contributed by atoms with Gasteiger partial charge in [0.2, 0.25) is 0 Å². The minimum Gasteiger partial charge on any atom is -0.0839 e. The molecule has 0 spiro atoms. The van der Waals surface area contributed by atoms with Crippen LogP contribution in [0.5, 0.6) is 0 Å². The molecule has 0 amide bonds. The topological polar surface area (TPSA) is 0 Å². The Morgan fingerprint density at radius 2 is 0.917 bits per heavy atom. The van der Waals surface area contributed by atoms with E-state index in [0.29, 0.717) is 0 Å². The van der Waals surface area contributed by atoms with Crippen molar-refractivity contribution in [1.29, 1.82) is 0 Å². The summed E-state index contributed by atoms with van der Waals surface area (Å²) in [6.07, 6.45) is 6.99. The Balaban J connectivity index is 1.08. The fourth-order valence-corrected chi connectivity index (χ4v) is 11.2. The highest BCUT2D eigenvalue weighted by Crippen LogP contribution is 2.53. The molecule has 3 aliphatic rings. The molecule has 0 heteroatoms. The first kappa shape index (κ1) is 35.2. The van der Waals surface area contributed by atoms with Crippen LogP contribution in [0.3, 0.4) is 0 Å². The van der Waals surface area contributed by atoms with E-state index in [1.807, 2.05) is 0 Å². The van der Waals surface area contributed by atoms with Crippen LogP contribution >= 0.6 is 0 Å². The van der Waals surface area contributed by atoms with Crippen molar-refractivity contribution in [2.24, 2.45) is 0 Å². The van der Waals surface area contributed by atoms with Gasteiger partial charge in [-0.25, -0.2) is 0 Å². The van der Waals surface area contributed by atoms with Crippen molar-refractivity contribution in [3.05, 3.63) is 210 Å². The van der Waals surface area contributed by atoms with E-state index in [1.165, 1.54) is 121 Å². The Kier molecular flexibility index (Phi) is 7.55. The summed E-state index contributed by atoms with van der Waals surface area (Å²) in [7, 11) is 0. The van der Waals surface area contributed by atoms with E-state index in [0.717, 1.165) is 12.8 Å². The zero-order valence-corrected chi connectivity index (χ0v) is 34.7. The number of rotatable bonds is 4. The van der Waals surface area contributed by atoms with E-state index < -0.39 is 0 Å². The third kappa shape index (κ3) is 5.10. The third-order valence-electron chi connectivity index (χ3n) is 14.3. The summed E-state index contributed by atoms with van der Waals surface area (Å²) in [6.45, 7) is 9.59. The second-order valence-corrected chi connectivity index (χ2v) is 18.3. The second kappa shape index (κ2) is 12.9. The lowest BCUT2D eigenvalue weighted by Crippen LogP contribution is -2.16. The van der Waals surface area contributed by atoms with Gasteiger partial charge in [0.05, 0.1) is 0 Å². The standard InChI is InChI=1S/C60H46/c1-59(2)53-19-11-9-15-45(53)47-30-27-43(35-55(47)59)42-28-32-51-52(34-42)58(44-29-31-48-46-16-10-12-20-54(46)60(3,4)56(48)36-44)50-18-8-7-17-49(50)57(51)39-24-21-38(22-25-39)41-26-23-37-13-5-6-14-40(37)33-41/h5-9,11-15,17-36H,10,16H2,1-4H3. The molecule has 0 unspecified atom stereocenters. The summed E-state index contributed by atoms with van der Waals surface area (Å²) < 4.78 is 0. The number of allylic oxidation sites excluding steroid dienone is 4. The Morgan fingerprint density at radius 1 is 0.367 bits per heavy atom. The van der Waals surface area contributed by atoms with Gasteiger partial charge in [0, 0.05) is 10.8 Å². The SMILES string of the molecule is CC1(C)C2=C(CCC=C2)c2ccc(-c3c4ccccc4c(-c4ccc(-c5ccc6ccccc6c5)cc4)c4ccc(-c5ccc6c(c5)C(C)(C)c5ccccc5-6)cc34)cc21. The van der Waals surface area contributed by atoms with E-state index in [1.54, 1.807) is 0 Å². The molecule has 0 fully saturated rings. The maximum atomic E-state index is 2.53. The first-order chi connectivity index (χ1) is 29.3.